The number of aromatic hydroxyl groups is 1. The zero-order valence-corrected chi connectivity index (χ0v) is 20.8. The Bertz CT molecular complexity index is 1340. The van der Waals surface area contributed by atoms with Crippen molar-refractivity contribution in [1.29, 1.82) is 0 Å². The van der Waals surface area contributed by atoms with Gasteiger partial charge in [-0.3, -0.25) is 23.7 Å². The van der Waals surface area contributed by atoms with Crippen LogP contribution in [0.2, 0.25) is 0 Å². The monoisotopic (exact) mass is 542 g/mol. The van der Waals surface area contributed by atoms with Crippen LogP contribution in [0.5, 0.6) is 5.75 Å². The fourth-order valence-corrected chi connectivity index (χ4v) is 5.38. The van der Waals surface area contributed by atoms with Crippen LogP contribution in [0.1, 0.15) is 32.8 Å². The number of halogens is 1. The molecule has 3 aromatic rings. The fourth-order valence-electron chi connectivity index (χ4n) is 3.93. The predicted octanol–water partition coefficient (Wildman–Crippen LogP) is 2.18. The summed E-state index contributed by atoms with van der Waals surface area (Å²) in [5, 5.41) is 13.8. The number of benzene rings is 1. The third-order valence-electron chi connectivity index (χ3n) is 5.86. The zero-order valence-electron chi connectivity index (χ0n) is 20.0. The zero-order chi connectivity index (χ0) is 26.2. The van der Waals surface area contributed by atoms with Crippen LogP contribution in [0.25, 0.3) is 10.9 Å². The Morgan fingerprint density at radius 2 is 1.95 bits per heavy atom. The molecule has 2 amide bonds. The van der Waals surface area contributed by atoms with Gasteiger partial charge in [-0.05, 0) is 47.2 Å². The number of carbonyl (C=O) groups is 2. The molecule has 4 rings (SSSR count). The number of rotatable bonds is 5. The molecule has 1 aliphatic rings. The third-order valence-corrected chi connectivity index (χ3v) is 7.83. The molecular formula is C23H28FN6NaO5S. The molecule has 0 aliphatic carbocycles. The summed E-state index contributed by atoms with van der Waals surface area (Å²) in [6.45, 7) is 0.583. The van der Waals surface area contributed by atoms with Gasteiger partial charge in [-0.25, -0.2) is 13.7 Å². The van der Waals surface area contributed by atoms with Gasteiger partial charge in [0, 0.05) is 57.9 Å². The first-order valence-corrected chi connectivity index (χ1v) is 12.5. The van der Waals surface area contributed by atoms with Crippen LogP contribution in [0, 0.1) is 5.82 Å². The molecule has 0 radical (unpaired) electrons. The van der Waals surface area contributed by atoms with Gasteiger partial charge in [-0.15, -0.1) is 0 Å². The molecule has 2 aromatic heterocycles. The Morgan fingerprint density at radius 3 is 2.65 bits per heavy atom. The van der Waals surface area contributed by atoms with E-state index in [-0.39, 0.29) is 65.2 Å². The molecule has 1 fully saturated rings. The molecule has 11 nitrogen and oxygen atoms in total. The summed E-state index contributed by atoms with van der Waals surface area (Å²) in [6, 6.07) is 6.90. The summed E-state index contributed by atoms with van der Waals surface area (Å²) in [5.74, 6) is -2.19. The topological polar surface area (TPSA) is 142 Å². The molecule has 37 heavy (non-hydrogen) atoms. The first-order valence-electron chi connectivity index (χ1n) is 11.1. The molecule has 0 atom stereocenters. The quantitative estimate of drug-likeness (QED) is 0.357. The molecule has 0 unspecified atom stereocenters. The van der Waals surface area contributed by atoms with E-state index >= 15 is 0 Å². The second kappa shape index (κ2) is 11.5. The van der Waals surface area contributed by atoms with Crippen molar-refractivity contribution in [2.75, 3.05) is 38.5 Å². The summed E-state index contributed by atoms with van der Waals surface area (Å²) in [6.07, 6.45) is 2.05. The Labute approximate surface area is 237 Å². The van der Waals surface area contributed by atoms with Gasteiger partial charge in [0.2, 0.25) is 0 Å². The molecule has 0 saturated carbocycles. The SMILES string of the molecule is CN(C)C(=O)c1cc(F)ccc1CNC(=O)c1nc(N2CCCN(C)S2(O)O)c2cccnc2c1O.[NaH]. The van der Waals surface area contributed by atoms with Crippen LogP contribution in [0.3, 0.4) is 0 Å². The molecule has 1 aromatic carbocycles. The summed E-state index contributed by atoms with van der Waals surface area (Å²) >= 11 is 0. The van der Waals surface area contributed by atoms with Crippen molar-refractivity contribution in [2.24, 2.45) is 0 Å². The molecular weight excluding hydrogens is 514 g/mol. The van der Waals surface area contributed by atoms with Crippen LogP contribution in [-0.4, -0.2) is 109 Å². The average molecular weight is 543 g/mol. The van der Waals surface area contributed by atoms with E-state index in [9.17, 15) is 28.2 Å². The van der Waals surface area contributed by atoms with Gasteiger partial charge in [0.05, 0.1) is 0 Å². The number of aromatic nitrogens is 2. The van der Waals surface area contributed by atoms with E-state index in [1.807, 2.05) is 0 Å². The average Bonchev–Trinajstić information content (AvgIpc) is 2.85. The van der Waals surface area contributed by atoms with E-state index in [2.05, 4.69) is 15.3 Å². The van der Waals surface area contributed by atoms with Crippen LogP contribution in [0.4, 0.5) is 10.2 Å². The Balaban J connectivity index is 0.00000380. The van der Waals surface area contributed by atoms with Gasteiger partial charge in [0.25, 0.3) is 11.8 Å². The molecule has 194 valence electrons. The molecule has 3 heterocycles. The number of amides is 2. The van der Waals surface area contributed by atoms with Crippen molar-refractivity contribution in [1.82, 2.24) is 24.5 Å². The second-order valence-electron chi connectivity index (χ2n) is 8.51. The third kappa shape index (κ3) is 5.67. The van der Waals surface area contributed by atoms with Crippen LogP contribution in [0.15, 0.2) is 36.5 Å². The van der Waals surface area contributed by atoms with Crippen LogP contribution in [-0.2, 0) is 6.54 Å². The Morgan fingerprint density at radius 1 is 1.22 bits per heavy atom. The number of nitrogens with zero attached hydrogens (tertiary/aromatic N) is 5. The van der Waals surface area contributed by atoms with E-state index in [0.717, 1.165) is 6.07 Å². The Kier molecular flexibility index (Phi) is 9.01. The van der Waals surface area contributed by atoms with E-state index in [1.165, 1.54) is 45.9 Å². The number of carbonyl (C=O) groups excluding carboxylic acids is 2. The fraction of sp³-hybridized carbons (Fsp3) is 0.304. The minimum atomic E-state index is -3.40. The molecule has 1 saturated heterocycles. The van der Waals surface area contributed by atoms with Gasteiger partial charge in [-0.1, -0.05) is 6.07 Å². The number of hydrogen-bond acceptors (Lipinski definition) is 9. The standard InChI is InChI=1S/C23H27FN6O5S.Na.H/c1-28(2)23(33)17-12-15(24)8-7-14(17)13-26-22(32)19-20(31)18-16(6-4-9-25-18)21(27-19)30-11-5-10-29(3)36(30,34)35;;/h4,6-9,12,31,34-35H,5,10-11,13H2,1-3H3,(H,26,32);;. The van der Waals surface area contributed by atoms with Crippen LogP contribution >= 0.6 is 11.0 Å². The normalized spacial score (nSPS) is 16.1. The number of fused-ring (bicyclic) bond motifs is 1. The van der Waals surface area contributed by atoms with Crippen molar-refractivity contribution in [3.05, 3.63) is 59.2 Å². The van der Waals surface area contributed by atoms with Crippen molar-refractivity contribution >= 4 is 69.1 Å². The van der Waals surface area contributed by atoms with Crippen molar-refractivity contribution in [2.45, 2.75) is 13.0 Å². The minimum absolute atomic E-state index is 0. The second-order valence-corrected chi connectivity index (χ2v) is 10.6. The van der Waals surface area contributed by atoms with Crippen LogP contribution < -0.4 is 9.62 Å². The van der Waals surface area contributed by atoms with E-state index in [0.29, 0.717) is 23.9 Å². The molecule has 0 bridgehead atoms. The predicted molar refractivity (Wildman–Crippen MR) is 141 cm³/mol. The van der Waals surface area contributed by atoms with E-state index in [4.69, 9.17) is 0 Å². The number of hydrogen-bond donors (Lipinski definition) is 4. The van der Waals surface area contributed by atoms with Gasteiger partial charge >= 0.3 is 29.6 Å². The van der Waals surface area contributed by atoms with Crippen molar-refractivity contribution in [3.63, 3.8) is 0 Å². The van der Waals surface area contributed by atoms with Crippen molar-refractivity contribution in [3.8, 4) is 5.75 Å². The molecule has 0 spiro atoms. The number of pyridine rings is 2. The van der Waals surface area contributed by atoms with Crippen molar-refractivity contribution < 1.29 is 28.2 Å². The Hall–Kier alpha value is -2.52. The first kappa shape index (κ1) is 29.0. The summed E-state index contributed by atoms with van der Waals surface area (Å²) in [5.41, 5.74) is 0.154. The van der Waals surface area contributed by atoms with E-state index < -0.39 is 34.3 Å². The molecule has 4 N–H and O–H groups in total. The number of anilines is 1. The van der Waals surface area contributed by atoms with Gasteiger partial charge in [-0.2, -0.15) is 4.31 Å². The first-order chi connectivity index (χ1) is 17.0. The van der Waals surface area contributed by atoms with Gasteiger partial charge in [0.1, 0.15) is 11.3 Å². The maximum atomic E-state index is 13.8. The van der Waals surface area contributed by atoms with Gasteiger partial charge < -0.3 is 15.3 Å². The molecule has 14 heteroatoms. The number of nitrogens with one attached hydrogen (secondary N) is 1. The summed E-state index contributed by atoms with van der Waals surface area (Å²) < 4.78 is 38.1. The summed E-state index contributed by atoms with van der Waals surface area (Å²) in [4.78, 5) is 35.4. The molecule has 1 aliphatic heterocycles. The van der Waals surface area contributed by atoms with Gasteiger partial charge in [0.15, 0.2) is 17.3 Å². The summed E-state index contributed by atoms with van der Waals surface area (Å²) in [7, 11) is 1.24. The maximum absolute atomic E-state index is 13.8. The van der Waals surface area contributed by atoms with E-state index in [1.54, 1.807) is 19.2 Å².